The molecule has 1 aliphatic rings. The first-order valence-corrected chi connectivity index (χ1v) is 3.54. The van der Waals surface area contributed by atoms with Crippen molar-refractivity contribution in [3.63, 3.8) is 0 Å². The average Bonchev–Trinajstić information content (AvgIpc) is 1.88. The Morgan fingerprint density at radius 2 is 2.30 bits per heavy atom. The van der Waals surface area contributed by atoms with Gasteiger partial charge in [0, 0.05) is 0 Å². The molecule has 1 aliphatic heterocycles. The van der Waals surface area contributed by atoms with E-state index in [4.69, 9.17) is 0 Å². The molecule has 0 aromatic carbocycles. The molecule has 0 radical (unpaired) electrons. The molecule has 1 fully saturated rings. The van der Waals surface area contributed by atoms with Crippen LogP contribution in [0.1, 0.15) is 12.8 Å². The fraction of sp³-hybridized carbons (Fsp3) is 1.00. The number of piperidine rings is 1. The summed E-state index contributed by atoms with van der Waals surface area (Å²) in [6, 6.07) is 0. The second-order valence-electron chi connectivity index (χ2n) is 2.47. The molecule has 0 amide bonds. The van der Waals surface area contributed by atoms with Crippen molar-refractivity contribution in [3.05, 3.63) is 0 Å². The van der Waals surface area contributed by atoms with Crippen LogP contribution in [0.15, 0.2) is 0 Å². The van der Waals surface area contributed by atoms with Gasteiger partial charge in [-0.2, -0.15) is 8.78 Å². The molecule has 0 spiro atoms. The van der Waals surface area contributed by atoms with Crippen LogP contribution in [0.3, 0.4) is 0 Å². The van der Waals surface area contributed by atoms with Crippen molar-refractivity contribution in [2.45, 2.75) is 25.6 Å². The maximum absolute atomic E-state index is 11.6. The van der Waals surface area contributed by atoms with E-state index in [1.165, 1.54) is 0 Å². The minimum absolute atomic E-state index is 0.228. The summed E-state index contributed by atoms with van der Waals surface area (Å²) >= 11 is 0. The molecule has 1 rings (SSSR count). The summed E-state index contributed by atoms with van der Waals surface area (Å²) in [5.74, 6) is 0. The van der Waals surface area contributed by atoms with Crippen LogP contribution in [-0.4, -0.2) is 25.8 Å². The lowest BCUT2D eigenvalue weighted by Gasteiger charge is -2.19. The van der Waals surface area contributed by atoms with Gasteiger partial charge in [0.05, 0.1) is 6.54 Å². The Labute approximate surface area is 58.6 Å². The van der Waals surface area contributed by atoms with Gasteiger partial charge in [-0.3, -0.25) is 0 Å². The molecule has 0 saturated carbocycles. The van der Waals surface area contributed by atoms with Gasteiger partial charge >= 0.3 is 6.61 Å². The standard InChI is InChI=1S/C6H11F2NO/c7-6(8)10-5-2-1-3-9-4-5/h5-6,9H,1-4H2/p+1. The van der Waals surface area contributed by atoms with Crippen molar-refractivity contribution in [2.75, 3.05) is 13.1 Å². The van der Waals surface area contributed by atoms with Crippen molar-refractivity contribution >= 4 is 0 Å². The minimum Gasteiger partial charge on any atom is -0.344 e. The summed E-state index contributed by atoms with van der Waals surface area (Å²) in [6.07, 6.45) is 1.53. The molecule has 2 nitrogen and oxygen atoms in total. The molecular formula is C6H12F2NO+. The van der Waals surface area contributed by atoms with Crippen LogP contribution in [0.2, 0.25) is 0 Å². The van der Waals surface area contributed by atoms with E-state index in [1.54, 1.807) is 0 Å². The zero-order valence-electron chi connectivity index (χ0n) is 5.72. The number of alkyl halides is 2. The highest BCUT2D eigenvalue weighted by Gasteiger charge is 2.19. The summed E-state index contributed by atoms with van der Waals surface area (Å²) in [7, 11) is 0. The van der Waals surface area contributed by atoms with E-state index in [9.17, 15) is 8.78 Å². The fourth-order valence-electron chi connectivity index (χ4n) is 1.18. The molecule has 0 aliphatic carbocycles. The lowest BCUT2D eigenvalue weighted by atomic mass is 10.1. The van der Waals surface area contributed by atoms with Crippen LogP contribution < -0.4 is 5.32 Å². The van der Waals surface area contributed by atoms with E-state index in [-0.39, 0.29) is 6.10 Å². The first kappa shape index (κ1) is 7.88. The van der Waals surface area contributed by atoms with Crippen molar-refractivity contribution in [2.24, 2.45) is 0 Å². The number of rotatable bonds is 2. The normalized spacial score (nSPS) is 27.3. The van der Waals surface area contributed by atoms with Crippen molar-refractivity contribution in [1.29, 1.82) is 0 Å². The third-order valence-corrected chi connectivity index (χ3v) is 1.66. The van der Waals surface area contributed by atoms with E-state index in [0.717, 1.165) is 19.4 Å². The highest BCUT2D eigenvalue weighted by atomic mass is 19.3. The van der Waals surface area contributed by atoms with Crippen molar-refractivity contribution in [3.8, 4) is 0 Å². The minimum atomic E-state index is -2.60. The predicted molar refractivity (Wildman–Crippen MR) is 31.8 cm³/mol. The van der Waals surface area contributed by atoms with E-state index in [1.807, 2.05) is 5.32 Å². The van der Waals surface area contributed by atoms with Crippen LogP contribution in [0.5, 0.6) is 0 Å². The quantitative estimate of drug-likeness (QED) is 0.590. The van der Waals surface area contributed by atoms with E-state index in [0.29, 0.717) is 6.54 Å². The van der Waals surface area contributed by atoms with Gasteiger partial charge in [-0.25, -0.2) is 0 Å². The monoisotopic (exact) mass is 152 g/mol. The Morgan fingerprint density at radius 3 is 2.80 bits per heavy atom. The lowest BCUT2D eigenvalue weighted by Crippen LogP contribution is -2.88. The zero-order chi connectivity index (χ0) is 7.40. The van der Waals surface area contributed by atoms with Crippen molar-refractivity contribution in [1.82, 2.24) is 0 Å². The van der Waals surface area contributed by atoms with Crippen molar-refractivity contribution < 1.29 is 18.8 Å². The van der Waals surface area contributed by atoms with Gasteiger partial charge in [0.1, 0.15) is 12.6 Å². The van der Waals surface area contributed by atoms with Gasteiger partial charge in [0.15, 0.2) is 0 Å². The number of halogens is 2. The Balaban J connectivity index is 2.13. The van der Waals surface area contributed by atoms with Crippen LogP contribution in [0.25, 0.3) is 0 Å². The number of quaternary nitrogens is 1. The molecule has 1 unspecified atom stereocenters. The molecule has 1 saturated heterocycles. The smallest absolute Gasteiger partial charge is 0.344 e. The lowest BCUT2D eigenvalue weighted by molar-refractivity contribution is -0.671. The fourth-order valence-corrected chi connectivity index (χ4v) is 1.18. The van der Waals surface area contributed by atoms with E-state index in [2.05, 4.69) is 4.74 Å². The molecule has 0 aromatic heterocycles. The number of hydrogen-bond donors (Lipinski definition) is 1. The predicted octanol–water partition coefficient (Wildman–Crippen LogP) is -0.0486. The highest BCUT2D eigenvalue weighted by molar-refractivity contribution is 4.57. The Morgan fingerprint density at radius 1 is 1.50 bits per heavy atom. The van der Waals surface area contributed by atoms with Gasteiger partial charge < -0.3 is 10.1 Å². The molecule has 4 heteroatoms. The number of nitrogens with two attached hydrogens (primary N) is 1. The van der Waals surface area contributed by atoms with Crippen LogP contribution in [-0.2, 0) is 4.74 Å². The average molecular weight is 152 g/mol. The maximum atomic E-state index is 11.6. The molecule has 2 N–H and O–H groups in total. The summed E-state index contributed by atoms with van der Waals surface area (Å²) in [5, 5.41) is 2.01. The Kier molecular flexibility index (Phi) is 3.02. The van der Waals surface area contributed by atoms with Gasteiger partial charge in [-0.1, -0.05) is 0 Å². The van der Waals surface area contributed by atoms with Gasteiger partial charge in [-0.15, -0.1) is 0 Å². The third-order valence-electron chi connectivity index (χ3n) is 1.66. The first-order valence-electron chi connectivity index (χ1n) is 3.54. The maximum Gasteiger partial charge on any atom is 0.345 e. The first-order chi connectivity index (χ1) is 4.79. The molecule has 1 atom stereocenters. The summed E-state index contributed by atoms with van der Waals surface area (Å²) in [6.45, 7) is -0.871. The topological polar surface area (TPSA) is 25.8 Å². The molecular weight excluding hydrogens is 140 g/mol. The molecule has 10 heavy (non-hydrogen) atoms. The Hall–Kier alpha value is -0.220. The third kappa shape index (κ3) is 2.58. The van der Waals surface area contributed by atoms with Gasteiger partial charge in [0.2, 0.25) is 0 Å². The van der Waals surface area contributed by atoms with E-state index >= 15 is 0 Å². The number of hydrogen-bond acceptors (Lipinski definition) is 1. The number of ether oxygens (including phenoxy) is 1. The van der Waals surface area contributed by atoms with Crippen LogP contribution >= 0.6 is 0 Å². The molecule has 0 bridgehead atoms. The summed E-state index contributed by atoms with van der Waals surface area (Å²) < 4.78 is 27.5. The highest BCUT2D eigenvalue weighted by Crippen LogP contribution is 2.07. The molecule has 60 valence electrons. The van der Waals surface area contributed by atoms with Gasteiger partial charge in [0.25, 0.3) is 0 Å². The van der Waals surface area contributed by atoms with Gasteiger partial charge in [-0.05, 0) is 12.8 Å². The van der Waals surface area contributed by atoms with E-state index < -0.39 is 6.61 Å². The van der Waals surface area contributed by atoms with Crippen LogP contribution in [0.4, 0.5) is 8.78 Å². The van der Waals surface area contributed by atoms with Crippen LogP contribution in [0, 0.1) is 0 Å². The second-order valence-corrected chi connectivity index (χ2v) is 2.47. The summed E-state index contributed by atoms with van der Waals surface area (Å²) in [5.41, 5.74) is 0. The second kappa shape index (κ2) is 3.83. The zero-order valence-corrected chi connectivity index (χ0v) is 5.72. The SMILES string of the molecule is FC(F)OC1CCC[NH2+]C1. The molecule has 0 aromatic rings. The molecule has 1 heterocycles. The summed E-state index contributed by atoms with van der Waals surface area (Å²) in [4.78, 5) is 0. The largest absolute Gasteiger partial charge is 0.345 e. The Bertz CT molecular complexity index is 93.7.